The molecule has 10 aromatic rings. The van der Waals surface area contributed by atoms with Crippen LogP contribution >= 0.6 is 23.1 Å². The maximum Gasteiger partial charge on any atom is 0.164 e. The minimum atomic E-state index is -0.408. The van der Waals surface area contributed by atoms with Crippen LogP contribution in [0.15, 0.2) is 198 Å². The van der Waals surface area contributed by atoms with Crippen LogP contribution in [-0.2, 0) is 5.41 Å². The summed E-state index contributed by atoms with van der Waals surface area (Å²) in [4.78, 5) is 17.8. The van der Waals surface area contributed by atoms with Crippen LogP contribution in [0.25, 0.3) is 76.6 Å². The lowest BCUT2D eigenvalue weighted by atomic mass is 9.67. The number of rotatable bonds is 4. The van der Waals surface area contributed by atoms with Gasteiger partial charge in [0.2, 0.25) is 0 Å². The average Bonchev–Trinajstić information content (AvgIpc) is 3.80. The van der Waals surface area contributed by atoms with Crippen LogP contribution in [0.5, 0.6) is 0 Å². The van der Waals surface area contributed by atoms with E-state index in [2.05, 4.69) is 170 Å². The Hall–Kier alpha value is -6.66. The van der Waals surface area contributed by atoms with Crippen molar-refractivity contribution in [1.29, 1.82) is 0 Å². The summed E-state index contributed by atoms with van der Waals surface area (Å²) in [6.07, 6.45) is 0. The number of fused-ring (bicyclic) bond motifs is 12. The third-order valence-electron chi connectivity index (χ3n) is 11.6. The van der Waals surface area contributed by atoms with Crippen LogP contribution in [-0.4, -0.2) is 15.0 Å². The van der Waals surface area contributed by atoms with Crippen molar-refractivity contribution in [1.82, 2.24) is 15.0 Å². The monoisotopic (exact) mass is 761 g/mol. The highest BCUT2D eigenvalue weighted by Gasteiger charge is 2.50. The van der Waals surface area contributed by atoms with Crippen molar-refractivity contribution >= 4 is 43.3 Å². The van der Waals surface area contributed by atoms with E-state index < -0.39 is 5.41 Å². The summed E-state index contributed by atoms with van der Waals surface area (Å²) >= 11 is 3.69. The lowest BCUT2D eigenvalue weighted by molar-refractivity contribution is 0.723. The van der Waals surface area contributed by atoms with E-state index in [4.69, 9.17) is 15.0 Å². The quantitative estimate of drug-likeness (QED) is 0.179. The first kappa shape index (κ1) is 32.6. The van der Waals surface area contributed by atoms with Gasteiger partial charge in [0, 0.05) is 46.7 Å². The second-order valence-electron chi connectivity index (χ2n) is 14.7. The molecule has 3 nitrogen and oxygen atoms in total. The summed E-state index contributed by atoms with van der Waals surface area (Å²) in [6.45, 7) is 0. The molecule has 1 aliphatic heterocycles. The molecule has 57 heavy (non-hydrogen) atoms. The molecule has 2 aliphatic rings. The van der Waals surface area contributed by atoms with Crippen molar-refractivity contribution in [3.8, 4) is 56.4 Å². The molecule has 1 spiro atoms. The van der Waals surface area contributed by atoms with E-state index in [0.29, 0.717) is 17.5 Å². The smallest absolute Gasteiger partial charge is 0.164 e. The van der Waals surface area contributed by atoms with Gasteiger partial charge in [0.25, 0.3) is 0 Å². The van der Waals surface area contributed by atoms with Crippen LogP contribution in [0.1, 0.15) is 22.3 Å². The van der Waals surface area contributed by atoms with E-state index in [-0.39, 0.29) is 0 Å². The Labute approximate surface area is 338 Å². The van der Waals surface area contributed by atoms with Crippen LogP contribution in [0.3, 0.4) is 0 Å². The Balaban J connectivity index is 0.992. The predicted octanol–water partition coefficient (Wildman–Crippen LogP) is 13.7. The van der Waals surface area contributed by atoms with Crippen molar-refractivity contribution in [3.05, 3.63) is 210 Å². The normalized spacial score (nSPS) is 13.3. The van der Waals surface area contributed by atoms with Crippen LogP contribution in [0.4, 0.5) is 0 Å². The molecule has 12 rings (SSSR count). The molecule has 0 amide bonds. The first-order valence-corrected chi connectivity index (χ1v) is 20.8. The van der Waals surface area contributed by atoms with E-state index >= 15 is 0 Å². The van der Waals surface area contributed by atoms with E-state index in [1.54, 1.807) is 11.3 Å². The molecule has 0 unspecified atom stereocenters. The lowest BCUT2D eigenvalue weighted by Crippen LogP contribution is -2.32. The zero-order chi connectivity index (χ0) is 37.5. The predicted molar refractivity (Wildman–Crippen MR) is 236 cm³/mol. The van der Waals surface area contributed by atoms with Crippen molar-refractivity contribution in [2.24, 2.45) is 0 Å². The number of hydrogen-bond acceptors (Lipinski definition) is 5. The molecule has 1 aliphatic carbocycles. The third-order valence-corrected chi connectivity index (χ3v) is 14.0. The molecular formula is C52H31N3S2. The summed E-state index contributed by atoms with van der Waals surface area (Å²) in [7, 11) is 0. The van der Waals surface area contributed by atoms with Gasteiger partial charge >= 0.3 is 0 Å². The summed E-state index contributed by atoms with van der Waals surface area (Å²) in [5, 5.41) is 2.53. The molecule has 0 saturated carbocycles. The van der Waals surface area contributed by atoms with E-state index in [0.717, 1.165) is 22.3 Å². The van der Waals surface area contributed by atoms with Gasteiger partial charge in [-0.05, 0) is 62.7 Å². The molecule has 0 bridgehead atoms. The van der Waals surface area contributed by atoms with Gasteiger partial charge in [0.1, 0.15) is 0 Å². The second kappa shape index (κ2) is 12.7. The summed E-state index contributed by atoms with van der Waals surface area (Å²) in [5.41, 5.74) is 12.8. The van der Waals surface area contributed by atoms with Crippen LogP contribution in [0, 0.1) is 0 Å². The van der Waals surface area contributed by atoms with Gasteiger partial charge in [-0.15, -0.1) is 11.3 Å². The summed E-state index contributed by atoms with van der Waals surface area (Å²) in [5.74, 6) is 1.97. The van der Waals surface area contributed by atoms with Crippen molar-refractivity contribution in [2.45, 2.75) is 15.2 Å². The van der Waals surface area contributed by atoms with E-state index in [1.165, 1.54) is 68.9 Å². The van der Waals surface area contributed by atoms with Gasteiger partial charge in [-0.1, -0.05) is 182 Å². The SMILES string of the molecule is c1ccc(-c2nc(-c3ccc(-c4cccc5c4Sc4ccccc4C54c5ccccc5-c5ccccc54)cc3)nc(-c3ccc4c(c3)sc3ccccc34)n2)cc1. The molecule has 0 saturated heterocycles. The molecule has 3 heterocycles. The molecule has 0 atom stereocenters. The minimum absolute atomic E-state index is 0.408. The lowest BCUT2D eigenvalue weighted by Gasteiger charge is -2.40. The number of hydrogen-bond donors (Lipinski definition) is 0. The number of benzene rings is 8. The molecule has 0 fully saturated rings. The fourth-order valence-corrected chi connectivity index (χ4v) is 11.6. The first-order chi connectivity index (χ1) is 28.2. The Morgan fingerprint density at radius 1 is 0.351 bits per heavy atom. The largest absolute Gasteiger partial charge is 0.208 e. The highest BCUT2D eigenvalue weighted by molar-refractivity contribution is 7.99. The van der Waals surface area contributed by atoms with Crippen LogP contribution in [0.2, 0.25) is 0 Å². The molecule has 266 valence electrons. The zero-order valence-electron chi connectivity index (χ0n) is 30.6. The Morgan fingerprint density at radius 2 is 0.877 bits per heavy atom. The molecule has 5 heteroatoms. The zero-order valence-corrected chi connectivity index (χ0v) is 32.2. The van der Waals surface area contributed by atoms with E-state index in [9.17, 15) is 0 Å². The van der Waals surface area contributed by atoms with E-state index in [1.807, 2.05) is 30.0 Å². The molecular weight excluding hydrogens is 731 g/mol. The second-order valence-corrected chi connectivity index (χ2v) is 16.8. The van der Waals surface area contributed by atoms with Gasteiger partial charge in [0.15, 0.2) is 17.5 Å². The van der Waals surface area contributed by atoms with Gasteiger partial charge < -0.3 is 0 Å². The number of aromatic nitrogens is 3. The van der Waals surface area contributed by atoms with Crippen molar-refractivity contribution in [3.63, 3.8) is 0 Å². The van der Waals surface area contributed by atoms with Gasteiger partial charge in [-0.3, -0.25) is 0 Å². The molecule has 8 aromatic carbocycles. The fraction of sp³-hybridized carbons (Fsp3) is 0.0192. The van der Waals surface area contributed by atoms with Gasteiger partial charge in [-0.25, -0.2) is 15.0 Å². The Morgan fingerprint density at radius 3 is 1.63 bits per heavy atom. The van der Waals surface area contributed by atoms with Crippen molar-refractivity contribution in [2.75, 3.05) is 0 Å². The highest BCUT2D eigenvalue weighted by Crippen LogP contribution is 2.63. The highest BCUT2D eigenvalue weighted by atomic mass is 32.2. The number of nitrogens with zero attached hydrogens (tertiary/aromatic N) is 3. The fourth-order valence-electron chi connectivity index (χ4n) is 9.12. The Bertz CT molecular complexity index is 3180. The standard InChI is InChI=1S/C52H31N3S2/c1-2-13-33(14-3-1)49-53-50(55-51(54-49)35-29-30-40-39-17-6-10-23-45(39)56-47(40)31-35)34-27-25-32(26-28-34)36-18-12-22-44-48(36)57-46-24-11-9-21-43(46)52(44)41-19-7-4-15-37(41)38-16-5-8-20-42(38)52/h1-31H. The van der Waals surface area contributed by atoms with Crippen LogP contribution < -0.4 is 0 Å². The topological polar surface area (TPSA) is 38.7 Å². The molecule has 0 N–H and O–H groups in total. The minimum Gasteiger partial charge on any atom is -0.208 e. The number of thiophene rings is 1. The average molecular weight is 762 g/mol. The Kier molecular flexibility index (Phi) is 7.25. The summed E-state index contributed by atoms with van der Waals surface area (Å²) < 4.78 is 2.50. The van der Waals surface area contributed by atoms with Gasteiger partial charge in [-0.2, -0.15) is 0 Å². The molecule has 0 radical (unpaired) electrons. The first-order valence-electron chi connectivity index (χ1n) is 19.2. The maximum absolute atomic E-state index is 5.13. The summed E-state index contributed by atoms with van der Waals surface area (Å²) in [6, 6.07) is 67.9. The third kappa shape index (κ3) is 4.89. The van der Waals surface area contributed by atoms with Crippen molar-refractivity contribution < 1.29 is 0 Å². The van der Waals surface area contributed by atoms with Gasteiger partial charge in [0.05, 0.1) is 5.41 Å². The maximum atomic E-state index is 5.13. The molecule has 2 aromatic heterocycles.